The summed E-state index contributed by atoms with van der Waals surface area (Å²) in [6.45, 7) is 0.335. The van der Waals surface area contributed by atoms with Crippen molar-refractivity contribution in [2.45, 2.75) is 17.7 Å². The van der Waals surface area contributed by atoms with Crippen LogP contribution in [0.3, 0.4) is 0 Å². The van der Waals surface area contributed by atoms with E-state index in [9.17, 15) is 13.2 Å². The molecule has 1 aromatic rings. The molecule has 2 aliphatic heterocycles. The molecule has 4 nitrogen and oxygen atoms in total. The standard InChI is InChI=1S/C10H10ClNO3S2/c11-9-2-1-8(16-9)10(13)12-4-7-3-6(12)5-17(7,14)15/h1-2,6-7H,3-5H2. The monoisotopic (exact) mass is 291 g/mol. The van der Waals surface area contributed by atoms with Crippen molar-refractivity contribution in [3.8, 4) is 0 Å². The molecule has 7 heteroatoms. The van der Waals surface area contributed by atoms with Crippen LogP contribution in [0.15, 0.2) is 12.1 Å². The number of carbonyl (C=O) groups is 1. The molecular formula is C10H10ClNO3S2. The molecule has 2 atom stereocenters. The number of thiophene rings is 1. The van der Waals surface area contributed by atoms with E-state index in [4.69, 9.17) is 11.6 Å². The first kappa shape index (κ1) is 11.5. The van der Waals surface area contributed by atoms with Gasteiger partial charge >= 0.3 is 0 Å². The summed E-state index contributed by atoms with van der Waals surface area (Å²) >= 11 is 7.02. The van der Waals surface area contributed by atoms with E-state index in [2.05, 4.69) is 0 Å². The highest BCUT2D eigenvalue weighted by Gasteiger charge is 2.50. The van der Waals surface area contributed by atoms with Gasteiger partial charge in [-0.05, 0) is 18.6 Å². The molecule has 0 saturated carbocycles. The zero-order valence-corrected chi connectivity index (χ0v) is 11.2. The van der Waals surface area contributed by atoms with Crippen LogP contribution in [0.2, 0.25) is 4.34 Å². The maximum atomic E-state index is 12.1. The van der Waals surface area contributed by atoms with Gasteiger partial charge < -0.3 is 4.90 Å². The minimum absolute atomic E-state index is 0.0932. The average Bonchev–Trinajstić information content (AvgIpc) is 2.89. The van der Waals surface area contributed by atoms with Crippen LogP contribution in [-0.4, -0.2) is 42.8 Å². The molecule has 3 rings (SSSR count). The highest BCUT2D eigenvalue weighted by molar-refractivity contribution is 7.92. The van der Waals surface area contributed by atoms with E-state index in [1.165, 1.54) is 11.3 Å². The Bertz CT molecular complexity index is 580. The zero-order valence-electron chi connectivity index (χ0n) is 8.80. The van der Waals surface area contributed by atoms with Gasteiger partial charge in [-0.1, -0.05) is 11.6 Å². The van der Waals surface area contributed by atoms with Crippen molar-refractivity contribution in [1.29, 1.82) is 0 Å². The molecule has 0 N–H and O–H groups in total. The molecule has 2 aliphatic rings. The van der Waals surface area contributed by atoms with Crippen molar-refractivity contribution in [3.63, 3.8) is 0 Å². The van der Waals surface area contributed by atoms with Crippen molar-refractivity contribution in [3.05, 3.63) is 21.3 Å². The van der Waals surface area contributed by atoms with Gasteiger partial charge in [0.15, 0.2) is 9.84 Å². The van der Waals surface area contributed by atoms with Gasteiger partial charge in [0, 0.05) is 12.6 Å². The largest absolute Gasteiger partial charge is 0.333 e. The number of rotatable bonds is 1. The van der Waals surface area contributed by atoms with Gasteiger partial charge in [-0.25, -0.2) is 8.42 Å². The second kappa shape index (κ2) is 3.70. The molecule has 0 spiro atoms. The Kier molecular flexibility index (Phi) is 2.50. The predicted octanol–water partition coefficient (Wildman–Crippen LogP) is 1.41. The van der Waals surface area contributed by atoms with Crippen LogP contribution in [0.25, 0.3) is 0 Å². The molecule has 0 aliphatic carbocycles. The third-order valence-corrected chi connectivity index (χ3v) is 6.78. The molecule has 2 saturated heterocycles. The first-order valence-electron chi connectivity index (χ1n) is 5.25. The number of sulfone groups is 1. The van der Waals surface area contributed by atoms with E-state index < -0.39 is 9.84 Å². The Balaban J connectivity index is 1.83. The number of nitrogens with zero attached hydrogens (tertiary/aromatic N) is 1. The number of hydrogen-bond acceptors (Lipinski definition) is 4. The first-order chi connectivity index (χ1) is 7.97. The second-order valence-corrected chi connectivity index (χ2v) is 8.44. The van der Waals surface area contributed by atoms with E-state index in [0.29, 0.717) is 22.2 Å². The number of amides is 1. The molecule has 2 fully saturated rings. The Morgan fingerprint density at radius 3 is 2.71 bits per heavy atom. The minimum Gasteiger partial charge on any atom is -0.333 e. The van der Waals surface area contributed by atoms with Gasteiger partial charge in [-0.15, -0.1) is 11.3 Å². The zero-order chi connectivity index (χ0) is 12.2. The molecule has 0 aromatic carbocycles. The normalized spacial score (nSPS) is 29.8. The van der Waals surface area contributed by atoms with Gasteiger partial charge in [-0.2, -0.15) is 0 Å². The fourth-order valence-corrected chi connectivity index (χ4v) is 5.54. The summed E-state index contributed by atoms with van der Waals surface area (Å²) in [4.78, 5) is 14.4. The second-order valence-electron chi connectivity index (χ2n) is 4.40. The first-order valence-corrected chi connectivity index (χ1v) is 8.16. The van der Waals surface area contributed by atoms with Crippen LogP contribution >= 0.6 is 22.9 Å². The summed E-state index contributed by atoms with van der Waals surface area (Å²) < 4.78 is 23.7. The fourth-order valence-electron chi connectivity index (χ4n) is 2.52. The van der Waals surface area contributed by atoms with Crippen LogP contribution in [0.4, 0.5) is 0 Å². The number of carbonyl (C=O) groups excluding carboxylic acids is 1. The topological polar surface area (TPSA) is 54.5 Å². The Hall–Kier alpha value is -0.590. The summed E-state index contributed by atoms with van der Waals surface area (Å²) in [7, 11) is -2.95. The summed E-state index contributed by atoms with van der Waals surface area (Å²) in [6.07, 6.45) is 0.590. The SMILES string of the molecule is O=C(c1ccc(Cl)s1)N1CC2CC1CS2(=O)=O. The Morgan fingerprint density at radius 1 is 1.47 bits per heavy atom. The lowest BCUT2D eigenvalue weighted by molar-refractivity contribution is 0.0751. The molecule has 3 heterocycles. The molecule has 0 radical (unpaired) electrons. The number of halogens is 1. The lowest BCUT2D eigenvalue weighted by Crippen LogP contribution is -2.43. The molecule has 1 aromatic heterocycles. The van der Waals surface area contributed by atoms with Crippen LogP contribution in [0.5, 0.6) is 0 Å². The van der Waals surface area contributed by atoms with Crippen LogP contribution < -0.4 is 0 Å². The van der Waals surface area contributed by atoms with Crippen LogP contribution in [-0.2, 0) is 9.84 Å². The molecule has 1 amide bonds. The smallest absolute Gasteiger partial charge is 0.264 e. The van der Waals surface area contributed by atoms with Crippen molar-refractivity contribution in [2.75, 3.05) is 12.3 Å². The molecule has 17 heavy (non-hydrogen) atoms. The Morgan fingerprint density at radius 2 is 2.24 bits per heavy atom. The van der Waals surface area contributed by atoms with Gasteiger partial charge in [0.2, 0.25) is 0 Å². The lowest BCUT2D eigenvalue weighted by Gasteiger charge is -2.26. The molecule has 2 unspecified atom stereocenters. The quantitative estimate of drug-likeness (QED) is 0.786. The highest BCUT2D eigenvalue weighted by atomic mass is 35.5. The summed E-state index contributed by atoms with van der Waals surface area (Å²) in [5.74, 6) is 0.0204. The van der Waals surface area contributed by atoms with Crippen molar-refractivity contribution < 1.29 is 13.2 Å². The highest BCUT2D eigenvalue weighted by Crippen LogP contribution is 2.35. The number of fused-ring (bicyclic) bond motifs is 2. The van der Waals surface area contributed by atoms with E-state index in [0.717, 1.165) is 0 Å². The third kappa shape index (κ3) is 1.78. The van der Waals surface area contributed by atoms with E-state index >= 15 is 0 Å². The average molecular weight is 292 g/mol. The van der Waals surface area contributed by atoms with E-state index in [1.54, 1.807) is 17.0 Å². The van der Waals surface area contributed by atoms with Gasteiger partial charge in [-0.3, -0.25) is 4.79 Å². The van der Waals surface area contributed by atoms with E-state index in [-0.39, 0.29) is 23.0 Å². The van der Waals surface area contributed by atoms with Gasteiger partial charge in [0.1, 0.15) is 0 Å². The summed E-state index contributed by atoms with van der Waals surface area (Å²) in [5.41, 5.74) is 0. The maximum Gasteiger partial charge on any atom is 0.264 e. The number of hydrogen-bond donors (Lipinski definition) is 0. The van der Waals surface area contributed by atoms with Crippen LogP contribution in [0.1, 0.15) is 16.1 Å². The van der Waals surface area contributed by atoms with E-state index in [1.807, 2.05) is 0 Å². The predicted molar refractivity (Wildman–Crippen MR) is 66.3 cm³/mol. The maximum absolute atomic E-state index is 12.1. The van der Waals surface area contributed by atoms with Crippen LogP contribution in [0, 0.1) is 0 Å². The lowest BCUT2D eigenvalue weighted by atomic mass is 10.2. The molecular weight excluding hydrogens is 282 g/mol. The Labute approximate surface area is 108 Å². The minimum atomic E-state index is -2.95. The van der Waals surface area contributed by atoms with Crippen molar-refractivity contribution in [2.24, 2.45) is 0 Å². The summed E-state index contributed by atoms with van der Waals surface area (Å²) in [6, 6.07) is 3.23. The molecule has 92 valence electrons. The van der Waals surface area contributed by atoms with Gasteiger partial charge in [0.25, 0.3) is 5.91 Å². The number of likely N-dealkylation sites (tertiary alicyclic amines) is 1. The third-order valence-electron chi connectivity index (χ3n) is 3.35. The van der Waals surface area contributed by atoms with Crippen molar-refractivity contribution >= 4 is 38.7 Å². The fraction of sp³-hybridized carbons (Fsp3) is 0.500. The van der Waals surface area contributed by atoms with Gasteiger partial charge in [0.05, 0.1) is 20.2 Å². The van der Waals surface area contributed by atoms with Crippen molar-refractivity contribution in [1.82, 2.24) is 4.90 Å². The summed E-state index contributed by atoms with van der Waals surface area (Å²) in [5, 5.41) is -0.355. The molecule has 2 bridgehead atoms.